The number of amides is 1. The van der Waals surface area contributed by atoms with Crippen LogP contribution in [-0.4, -0.2) is 59.6 Å². The third kappa shape index (κ3) is 4.72. The van der Waals surface area contributed by atoms with Gasteiger partial charge in [0.2, 0.25) is 5.91 Å². The Bertz CT molecular complexity index is 598. The van der Waals surface area contributed by atoms with Crippen molar-refractivity contribution in [2.45, 2.75) is 82.6 Å². The van der Waals surface area contributed by atoms with Crippen molar-refractivity contribution >= 4 is 5.91 Å². The number of aryl methyl sites for hydroxylation is 1. The molecule has 3 fully saturated rings. The summed E-state index contributed by atoms with van der Waals surface area (Å²) in [6, 6.07) is 11.7. The summed E-state index contributed by atoms with van der Waals surface area (Å²) in [5, 5.41) is 0. The monoisotopic (exact) mass is 370 g/mol. The van der Waals surface area contributed by atoms with Crippen LogP contribution in [0.3, 0.4) is 0 Å². The van der Waals surface area contributed by atoms with Gasteiger partial charge in [-0.1, -0.05) is 30.3 Å². The zero-order valence-electron chi connectivity index (χ0n) is 16.7. The van der Waals surface area contributed by atoms with Crippen LogP contribution in [0.2, 0.25) is 0 Å². The van der Waals surface area contributed by atoms with Crippen LogP contribution in [0, 0.1) is 0 Å². The van der Waals surface area contributed by atoms with Crippen LogP contribution in [0.1, 0.15) is 57.4 Å². The maximum absolute atomic E-state index is 11.8. The molecule has 148 valence electrons. The first-order valence-corrected chi connectivity index (χ1v) is 10.9. The molecule has 0 spiro atoms. The van der Waals surface area contributed by atoms with Crippen LogP contribution >= 0.6 is 0 Å². The number of rotatable bonds is 6. The smallest absolute Gasteiger partial charge is 0.219 e. The number of carbonyl (C=O) groups excluding carboxylic acids is 1. The predicted octanol–water partition coefficient (Wildman–Crippen LogP) is 3.64. The van der Waals surface area contributed by atoms with Gasteiger partial charge in [0.05, 0.1) is 12.2 Å². The van der Waals surface area contributed by atoms with Crippen molar-refractivity contribution in [1.29, 1.82) is 0 Å². The maximum Gasteiger partial charge on any atom is 0.219 e. The predicted molar refractivity (Wildman–Crippen MR) is 108 cm³/mol. The zero-order valence-corrected chi connectivity index (χ0v) is 16.7. The first-order valence-electron chi connectivity index (χ1n) is 10.9. The highest BCUT2D eigenvalue weighted by atomic mass is 16.5. The normalized spacial score (nSPS) is 29.2. The topological polar surface area (TPSA) is 32.8 Å². The van der Waals surface area contributed by atoms with Crippen molar-refractivity contribution in [2.75, 3.05) is 19.6 Å². The SMILES string of the molecule is CC(=O)N1[C@@H]2CC[C@H]1CC(OC1CCN(CCCc3ccccc3)CC1)C2. The van der Waals surface area contributed by atoms with E-state index in [2.05, 4.69) is 40.1 Å². The number of nitrogens with zero attached hydrogens (tertiary/aromatic N) is 2. The van der Waals surface area contributed by atoms with Crippen LogP contribution in [0.4, 0.5) is 0 Å². The number of hydrogen-bond donors (Lipinski definition) is 0. The van der Waals surface area contributed by atoms with Gasteiger partial charge >= 0.3 is 0 Å². The van der Waals surface area contributed by atoms with Crippen molar-refractivity contribution in [3.63, 3.8) is 0 Å². The maximum atomic E-state index is 11.8. The summed E-state index contributed by atoms with van der Waals surface area (Å²) in [6.07, 6.45) is 9.96. The molecule has 3 aliphatic heterocycles. The Morgan fingerprint density at radius 3 is 2.30 bits per heavy atom. The highest BCUT2D eigenvalue weighted by Gasteiger charge is 2.43. The summed E-state index contributed by atoms with van der Waals surface area (Å²) in [6.45, 7) is 5.25. The molecule has 4 nitrogen and oxygen atoms in total. The van der Waals surface area contributed by atoms with Gasteiger partial charge in [0, 0.05) is 32.1 Å². The van der Waals surface area contributed by atoms with Crippen LogP contribution in [-0.2, 0) is 16.0 Å². The quantitative estimate of drug-likeness (QED) is 0.766. The summed E-state index contributed by atoms with van der Waals surface area (Å²) in [4.78, 5) is 16.6. The minimum absolute atomic E-state index is 0.254. The Kier molecular flexibility index (Phi) is 6.14. The summed E-state index contributed by atoms with van der Waals surface area (Å²) in [5.41, 5.74) is 1.45. The molecule has 0 N–H and O–H groups in total. The standard InChI is InChI=1S/C23H34N2O2/c1-18(26)25-20-9-10-21(25)17-23(16-20)27-22-11-14-24(15-12-22)13-5-8-19-6-3-2-4-7-19/h2-4,6-7,20-23H,5,8-17H2,1H3/t20-,21+,23?. The van der Waals surface area contributed by atoms with E-state index in [1.165, 1.54) is 50.9 Å². The Morgan fingerprint density at radius 2 is 1.67 bits per heavy atom. The fourth-order valence-electron chi connectivity index (χ4n) is 5.44. The van der Waals surface area contributed by atoms with E-state index >= 15 is 0 Å². The van der Waals surface area contributed by atoms with Gasteiger partial charge < -0.3 is 14.5 Å². The molecule has 2 bridgehead atoms. The van der Waals surface area contributed by atoms with E-state index in [9.17, 15) is 4.79 Å². The number of hydrogen-bond acceptors (Lipinski definition) is 3. The molecule has 3 saturated heterocycles. The molecule has 0 aromatic heterocycles. The molecular formula is C23H34N2O2. The molecule has 0 aliphatic carbocycles. The molecular weight excluding hydrogens is 336 g/mol. The second-order valence-corrected chi connectivity index (χ2v) is 8.67. The fraction of sp³-hybridized carbons (Fsp3) is 0.696. The van der Waals surface area contributed by atoms with Crippen molar-refractivity contribution in [3.05, 3.63) is 35.9 Å². The Labute approximate surface area is 163 Å². The third-order valence-electron chi connectivity index (χ3n) is 6.76. The lowest BCUT2D eigenvalue weighted by Gasteiger charge is -2.41. The lowest BCUT2D eigenvalue weighted by atomic mass is 9.98. The number of piperidine rings is 2. The first-order chi connectivity index (χ1) is 13.2. The lowest BCUT2D eigenvalue weighted by molar-refractivity contribution is -0.138. The van der Waals surface area contributed by atoms with Gasteiger partial charge in [-0.25, -0.2) is 0 Å². The molecule has 1 aromatic carbocycles. The van der Waals surface area contributed by atoms with Crippen molar-refractivity contribution < 1.29 is 9.53 Å². The largest absolute Gasteiger partial charge is 0.375 e. The summed E-state index contributed by atoms with van der Waals surface area (Å²) in [5.74, 6) is 0.254. The summed E-state index contributed by atoms with van der Waals surface area (Å²) in [7, 11) is 0. The summed E-state index contributed by atoms with van der Waals surface area (Å²) >= 11 is 0. The number of carbonyl (C=O) groups is 1. The highest BCUT2D eigenvalue weighted by Crippen LogP contribution is 2.37. The molecule has 0 saturated carbocycles. The molecule has 4 rings (SSSR count). The average molecular weight is 371 g/mol. The van der Waals surface area contributed by atoms with Gasteiger partial charge in [-0.3, -0.25) is 4.79 Å². The van der Waals surface area contributed by atoms with E-state index < -0.39 is 0 Å². The third-order valence-corrected chi connectivity index (χ3v) is 6.76. The van der Waals surface area contributed by atoms with E-state index in [1.54, 1.807) is 6.92 Å². The van der Waals surface area contributed by atoms with Crippen LogP contribution in [0.15, 0.2) is 30.3 Å². The number of fused-ring (bicyclic) bond motifs is 2. The molecule has 1 unspecified atom stereocenters. The minimum atomic E-state index is 0.254. The van der Waals surface area contributed by atoms with Gasteiger partial charge in [-0.05, 0) is 63.5 Å². The van der Waals surface area contributed by atoms with Gasteiger partial charge in [-0.15, -0.1) is 0 Å². The van der Waals surface area contributed by atoms with E-state index in [4.69, 9.17) is 4.74 Å². The zero-order chi connectivity index (χ0) is 18.6. The molecule has 3 aliphatic rings. The lowest BCUT2D eigenvalue weighted by Crippen LogP contribution is -2.49. The molecule has 27 heavy (non-hydrogen) atoms. The molecule has 3 atom stereocenters. The molecule has 1 amide bonds. The van der Waals surface area contributed by atoms with Gasteiger partial charge in [0.15, 0.2) is 0 Å². The first kappa shape index (κ1) is 18.9. The van der Waals surface area contributed by atoms with E-state index in [1.807, 2.05) is 0 Å². The van der Waals surface area contributed by atoms with Gasteiger partial charge in [-0.2, -0.15) is 0 Å². The van der Waals surface area contributed by atoms with E-state index in [0.29, 0.717) is 24.3 Å². The van der Waals surface area contributed by atoms with Crippen LogP contribution < -0.4 is 0 Å². The van der Waals surface area contributed by atoms with Crippen molar-refractivity contribution in [3.8, 4) is 0 Å². The second-order valence-electron chi connectivity index (χ2n) is 8.67. The molecule has 3 heterocycles. The average Bonchev–Trinajstić information content (AvgIpc) is 2.96. The molecule has 4 heteroatoms. The number of benzene rings is 1. The van der Waals surface area contributed by atoms with E-state index in [0.717, 1.165) is 25.7 Å². The second kappa shape index (κ2) is 8.74. The van der Waals surface area contributed by atoms with Crippen LogP contribution in [0.5, 0.6) is 0 Å². The Morgan fingerprint density at radius 1 is 1.00 bits per heavy atom. The fourth-order valence-corrected chi connectivity index (χ4v) is 5.44. The molecule has 0 radical (unpaired) electrons. The minimum Gasteiger partial charge on any atom is -0.375 e. The van der Waals surface area contributed by atoms with Crippen molar-refractivity contribution in [1.82, 2.24) is 9.80 Å². The Hall–Kier alpha value is -1.39. The van der Waals surface area contributed by atoms with Gasteiger partial charge in [0.25, 0.3) is 0 Å². The molecule has 1 aromatic rings. The van der Waals surface area contributed by atoms with Crippen LogP contribution in [0.25, 0.3) is 0 Å². The Balaban J connectivity index is 1.16. The number of ether oxygens (including phenoxy) is 1. The summed E-state index contributed by atoms with van der Waals surface area (Å²) < 4.78 is 6.50. The van der Waals surface area contributed by atoms with Gasteiger partial charge in [0.1, 0.15) is 0 Å². The highest BCUT2D eigenvalue weighted by molar-refractivity contribution is 5.74. The van der Waals surface area contributed by atoms with E-state index in [-0.39, 0.29) is 5.91 Å². The van der Waals surface area contributed by atoms with Crippen molar-refractivity contribution in [2.24, 2.45) is 0 Å². The number of likely N-dealkylation sites (tertiary alicyclic amines) is 1.